The van der Waals surface area contributed by atoms with E-state index in [1.54, 1.807) is 13.0 Å². The molecule has 0 atom stereocenters. The lowest BCUT2D eigenvalue weighted by atomic mass is 10.1. The molecule has 2 aromatic rings. The van der Waals surface area contributed by atoms with Crippen molar-refractivity contribution in [3.8, 4) is 0 Å². The number of aromatic nitrogens is 1. The Morgan fingerprint density at radius 2 is 1.71 bits per heavy atom. The Morgan fingerprint density at radius 3 is 2.36 bits per heavy atom. The number of ether oxygens (including phenoxy) is 1. The molecule has 1 aliphatic rings. The minimum Gasteiger partial charge on any atom is -0.462 e. The number of rotatable bonds is 5. The second-order valence-corrected chi connectivity index (χ2v) is 7.25. The fourth-order valence-electron chi connectivity index (χ4n) is 3.81. The fourth-order valence-corrected chi connectivity index (χ4v) is 3.81. The number of piperazine rings is 1. The second-order valence-electron chi connectivity index (χ2n) is 7.25. The van der Waals surface area contributed by atoms with E-state index in [0.29, 0.717) is 25.3 Å². The molecule has 150 valence electrons. The zero-order chi connectivity index (χ0) is 20.3. The van der Waals surface area contributed by atoms with Crippen molar-refractivity contribution in [3.05, 3.63) is 52.8 Å². The zero-order valence-corrected chi connectivity index (χ0v) is 17.2. The van der Waals surface area contributed by atoms with Gasteiger partial charge in [-0.2, -0.15) is 0 Å². The van der Waals surface area contributed by atoms with Crippen molar-refractivity contribution < 1.29 is 14.3 Å². The summed E-state index contributed by atoms with van der Waals surface area (Å²) in [5.74, 6) is -0.247. The smallest absolute Gasteiger partial charge is 0.339 e. The average Bonchev–Trinajstić information content (AvgIpc) is 2.97. The van der Waals surface area contributed by atoms with E-state index in [1.807, 2.05) is 29.4 Å². The first-order valence-corrected chi connectivity index (χ1v) is 9.84. The van der Waals surface area contributed by atoms with Crippen LogP contribution in [-0.4, -0.2) is 54.1 Å². The van der Waals surface area contributed by atoms with Crippen molar-refractivity contribution in [3.63, 3.8) is 0 Å². The van der Waals surface area contributed by atoms with E-state index >= 15 is 0 Å². The summed E-state index contributed by atoms with van der Waals surface area (Å²) in [5.41, 5.74) is 4.71. The van der Waals surface area contributed by atoms with E-state index in [4.69, 9.17) is 4.74 Å². The number of nitrogens with zero attached hydrogens (tertiary/aromatic N) is 3. The maximum atomic E-state index is 12.9. The van der Waals surface area contributed by atoms with E-state index in [-0.39, 0.29) is 18.4 Å². The summed E-state index contributed by atoms with van der Waals surface area (Å²) in [6, 6.07) is 10.2. The number of carbonyl (C=O) groups is 2. The number of hydrogen-bond acceptors (Lipinski definition) is 4. The molecule has 0 unspecified atom stereocenters. The fraction of sp³-hybridized carbons (Fsp3) is 0.455. The summed E-state index contributed by atoms with van der Waals surface area (Å²) < 4.78 is 7.01. The highest BCUT2D eigenvalue weighted by Gasteiger charge is 2.24. The van der Waals surface area contributed by atoms with Crippen molar-refractivity contribution >= 4 is 17.6 Å². The maximum absolute atomic E-state index is 12.9. The Kier molecular flexibility index (Phi) is 6.07. The molecule has 1 aromatic carbocycles. The highest BCUT2D eigenvalue weighted by Crippen LogP contribution is 2.21. The summed E-state index contributed by atoms with van der Waals surface area (Å²) in [6.07, 6.45) is 0. The molecule has 1 aliphatic heterocycles. The van der Waals surface area contributed by atoms with Crippen LogP contribution in [0.4, 0.5) is 5.69 Å². The number of carbonyl (C=O) groups excluding carboxylic acids is 2. The lowest BCUT2D eigenvalue weighted by molar-refractivity contribution is -0.132. The Hall–Kier alpha value is -2.76. The van der Waals surface area contributed by atoms with Gasteiger partial charge in [0.05, 0.1) is 12.2 Å². The standard InChI is InChI=1S/C22H29N3O3/c1-5-28-22(27)19-14-17(3)25(18(19)4)15-21(26)24-12-10-23(11-13-24)20-9-7-6-8-16(20)2/h6-9,14H,5,10-13,15H2,1-4H3. The summed E-state index contributed by atoms with van der Waals surface area (Å²) in [4.78, 5) is 29.2. The average molecular weight is 383 g/mol. The molecule has 1 aromatic heterocycles. The number of hydrogen-bond donors (Lipinski definition) is 0. The van der Waals surface area contributed by atoms with Gasteiger partial charge >= 0.3 is 5.97 Å². The quantitative estimate of drug-likeness (QED) is 0.745. The van der Waals surface area contributed by atoms with E-state index in [2.05, 4.69) is 30.0 Å². The third-order valence-corrected chi connectivity index (χ3v) is 5.45. The lowest BCUT2D eigenvalue weighted by Gasteiger charge is -2.37. The van der Waals surface area contributed by atoms with Crippen LogP contribution in [0.2, 0.25) is 0 Å². The highest BCUT2D eigenvalue weighted by atomic mass is 16.5. The van der Waals surface area contributed by atoms with E-state index in [0.717, 1.165) is 24.5 Å². The minimum absolute atomic E-state index is 0.0849. The van der Waals surface area contributed by atoms with Gasteiger partial charge in [0.2, 0.25) is 5.91 Å². The van der Waals surface area contributed by atoms with E-state index < -0.39 is 0 Å². The van der Waals surface area contributed by atoms with Crippen molar-refractivity contribution in [2.75, 3.05) is 37.7 Å². The summed E-state index contributed by atoms with van der Waals surface area (Å²) in [7, 11) is 0. The first-order valence-electron chi connectivity index (χ1n) is 9.84. The van der Waals surface area contributed by atoms with Crippen LogP contribution < -0.4 is 4.90 Å². The number of aryl methyl sites for hydroxylation is 2. The predicted octanol–water partition coefficient (Wildman–Crippen LogP) is 2.94. The molecule has 6 nitrogen and oxygen atoms in total. The van der Waals surface area contributed by atoms with E-state index in [9.17, 15) is 9.59 Å². The SMILES string of the molecule is CCOC(=O)c1cc(C)n(CC(=O)N2CCN(c3ccccc3C)CC2)c1C. The van der Waals surface area contributed by atoms with Crippen LogP contribution in [0.25, 0.3) is 0 Å². The molecule has 2 heterocycles. The molecule has 6 heteroatoms. The number of esters is 1. The maximum Gasteiger partial charge on any atom is 0.339 e. The van der Waals surface area contributed by atoms with Gasteiger partial charge in [0.25, 0.3) is 0 Å². The molecule has 0 saturated carbocycles. The molecule has 1 saturated heterocycles. The van der Waals surface area contributed by atoms with Gasteiger partial charge < -0.3 is 19.1 Å². The largest absolute Gasteiger partial charge is 0.462 e. The molecule has 1 amide bonds. The number of anilines is 1. The molecule has 0 spiro atoms. The molecule has 0 N–H and O–H groups in total. The molecular weight excluding hydrogens is 354 g/mol. The first-order chi connectivity index (χ1) is 13.4. The lowest BCUT2D eigenvalue weighted by Crippen LogP contribution is -2.49. The molecule has 3 rings (SSSR count). The summed E-state index contributed by atoms with van der Waals surface area (Å²) >= 11 is 0. The van der Waals surface area contributed by atoms with Gasteiger partial charge in [0, 0.05) is 43.3 Å². The number of benzene rings is 1. The van der Waals surface area contributed by atoms with Crippen LogP contribution in [-0.2, 0) is 16.1 Å². The summed E-state index contributed by atoms with van der Waals surface area (Å²) in [5, 5.41) is 0. The third-order valence-electron chi connectivity index (χ3n) is 5.45. The van der Waals surface area contributed by atoms with Gasteiger partial charge in [-0.15, -0.1) is 0 Å². The van der Waals surface area contributed by atoms with Crippen molar-refractivity contribution in [2.24, 2.45) is 0 Å². The van der Waals surface area contributed by atoms with Gasteiger partial charge in [-0.1, -0.05) is 18.2 Å². The van der Waals surface area contributed by atoms with Gasteiger partial charge in [-0.25, -0.2) is 4.79 Å². The molecule has 28 heavy (non-hydrogen) atoms. The normalized spacial score (nSPS) is 14.3. The molecule has 0 aliphatic carbocycles. The van der Waals surface area contributed by atoms with Crippen LogP contribution in [0.1, 0.15) is 34.2 Å². The van der Waals surface area contributed by atoms with Crippen LogP contribution in [0.5, 0.6) is 0 Å². The van der Waals surface area contributed by atoms with Gasteiger partial charge in [0.15, 0.2) is 0 Å². The zero-order valence-electron chi connectivity index (χ0n) is 17.2. The van der Waals surface area contributed by atoms with Crippen LogP contribution in [0.3, 0.4) is 0 Å². The Morgan fingerprint density at radius 1 is 1.04 bits per heavy atom. The Balaban J connectivity index is 1.64. The van der Waals surface area contributed by atoms with Gasteiger partial charge in [0.1, 0.15) is 6.54 Å². The van der Waals surface area contributed by atoms with Crippen molar-refractivity contribution in [1.29, 1.82) is 0 Å². The van der Waals surface area contributed by atoms with Crippen LogP contribution >= 0.6 is 0 Å². The number of para-hydroxylation sites is 1. The van der Waals surface area contributed by atoms with Crippen molar-refractivity contribution in [2.45, 2.75) is 34.2 Å². The molecule has 0 radical (unpaired) electrons. The molecule has 1 fully saturated rings. The Labute approximate surface area is 166 Å². The van der Waals surface area contributed by atoms with Gasteiger partial charge in [-0.3, -0.25) is 4.79 Å². The second kappa shape index (κ2) is 8.50. The highest BCUT2D eigenvalue weighted by molar-refractivity contribution is 5.91. The third kappa shape index (κ3) is 4.06. The topological polar surface area (TPSA) is 54.8 Å². The molecular formula is C22H29N3O3. The van der Waals surface area contributed by atoms with Gasteiger partial charge in [-0.05, 0) is 45.4 Å². The van der Waals surface area contributed by atoms with Crippen LogP contribution in [0, 0.1) is 20.8 Å². The first kappa shape index (κ1) is 20.0. The van der Waals surface area contributed by atoms with Crippen LogP contribution in [0.15, 0.2) is 30.3 Å². The van der Waals surface area contributed by atoms with E-state index in [1.165, 1.54) is 11.3 Å². The van der Waals surface area contributed by atoms with Crippen molar-refractivity contribution in [1.82, 2.24) is 9.47 Å². The molecule has 0 bridgehead atoms. The predicted molar refractivity (Wildman–Crippen MR) is 110 cm³/mol. The Bertz CT molecular complexity index is 864. The summed E-state index contributed by atoms with van der Waals surface area (Å²) in [6.45, 7) is 11.3. The monoisotopic (exact) mass is 383 g/mol. The number of amides is 1. The minimum atomic E-state index is -0.332.